The molecular formula is C26H28N4O6S. The van der Waals surface area contributed by atoms with Crippen molar-refractivity contribution in [3.63, 3.8) is 0 Å². The lowest BCUT2D eigenvalue weighted by Gasteiger charge is -2.22. The number of nitrogens with zero attached hydrogens (tertiary/aromatic N) is 2. The largest absolute Gasteiger partial charge is 0.493 e. The van der Waals surface area contributed by atoms with Gasteiger partial charge in [-0.2, -0.15) is 5.10 Å². The second kappa shape index (κ2) is 12.0. The van der Waals surface area contributed by atoms with E-state index >= 15 is 0 Å². The van der Waals surface area contributed by atoms with Crippen LogP contribution in [0.25, 0.3) is 0 Å². The molecule has 3 rings (SSSR count). The smallest absolute Gasteiger partial charge is 0.260 e. The van der Waals surface area contributed by atoms with Crippen molar-refractivity contribution in [2.75, 3.05) is 36.6 Å². The molecule has 0 fully saturated rings. The molecule has 0 bridgehead atoms. The predicted molar refractivity (Wildman–Crippen MR) is 143 cm³/mol. The first-order chi connectivity index (χ1) is 17.6. The summed E-state index contributed by atoms with van der Waals surface area (Å²) in [6.07, 6.45) is 1.00. The number of sulfonamides is 1. The Morgan fingerprint density at radius 1 is 0.892 bits per heavy atom. The Labute approximate surface area is 216 Å². The Morgan fingerprint density at radius 2 is 1.57 bits per heavy atom. The quantitative estimate of drug-likeness (QED) is 0.310. The van der Waals surface area contributed by atoms with Crippen molar-refractivity contribution in [2.45, 2.75) is 6.92 Å². The van der Waals surface area contributed by atoms with Crippen molar-refractivity contribution in [1.82, 2.24) is 5.43 Å². The number of anilines is 2. The molecule has 11 heteroatoms. The summed E-state index contributed by atoms with van der Waals surface area (Å²) in [5.41, 5.74) is 4.82. The first-order valence-electron chi connectivity index (χ1n) is 11.1. The van der Waals surface area contributed by atoms with Gasteiger partial charge in [-0.15, -0.1) is 0 Å². The molecule has 0 saturated heterocycles. The summed E-state index contributed by atoms with van der Waals surface area (Å²) in [7, 11) is -0.907. The SMILES string of the molecule is COc1ccc(N(CC(=O)N/N=C(/C)c2cccc(NC(=O)c3ccccc3)c2)S(C)(=O)=O)cc1OC. The first kappa shape index (κ1) is 27.2. The van der Waals surface area contributed by atoms with Gasteiger partial charge in [-0.25, -0.2) is 13.8 Å². The maximum absolute atomic E-state index is 12.6. The predicted octanol–water partition coefficient (Wildman–Crippen LogP) is 3.26. The summed E-state index contributed by atoms with van der Waals surface area (Å²) < 4.78 is 36.2. The van der Waals surface area contributed by atoms with Gasteiger partial charge in [0.2, 0.25) is 10.0 Å². The minimum absolute atomic E-state index is 0.234. The Hall–Kier alpha value is -4.38. The monoisotopic (exact) mass is 524 g/mol. The third kappa shape index (κ3) is 7.31. The van der Waals surface area contributed by atoms with E-state index in [1.807, 2.05) is 6.07 Å². The van der Waals surface area contributed by atoms with Crippen molar-refractivity contribution in [3.8, 4) is 11.5 Å². The maximum Gasteiger partial charge on any atom is 0.260 e. The number of carbonyl (C=O) groups is 2. The van der Waals surface area contributed by atoms with E-state index in [0.29, 0.717) is 34.0 Å². The molecule has 2 amide bonds. The molecule has 37 heavy (non-hydrogen) atoms. The summed E-state index contributed by atoms with van der Waals surface area (Å²) in [6, 6.07) is 20.3. The van der Waals surface area contributed by atoms with Gasteiger partial charge in [0.05, 0.1) is 31.9 Å². The van der Waals surface area contributed by atoms with Gasteiger partial charge in [0.1, 0.15) is 6.54 Å². The van der Waals surface area contributed by atoms with Crippen LogP contribution in [-0.2, 0) is 14.8 Å². The summed E-state index contributed by atoms with van der Waals surface area (Å²) in [5, 5.41) is 6.92. The third-order valence-electron chi connectivity index (χ3n) is 5.27. The van der Waals surface area contributed by atoms with Crippen molar-refractivity contribution >= 4 is 38.9 Å². The molecular weight excluding hydrogens is 496 g/mol. The average Bonchev–Trinajstić information content (AvgIpc) is 2.90. The van der Waals surface area contributed by atoms with Crippen LogP contribution < -0.4 is 24.5 Å². The Bertz CT molecular complexity index is 1410. The number of hydrogen-bond acceptors (Lipinski definition) is 7. The van der Waals surface area contributed by atoms with Gasteiger partial charge in [-0.1, -0.05) is 30.3 Å². The zero-order chi connectivity index (χ0) is 27.0. The molecule has 0 radical (unpaired) electrons. The highest BCUT2D eigenvalue weighted by Gasteiger charge is 2.22. The average molecular weight is 525 g/mol. The number of rotatable bonds is 10. The van der Waals surface area contributed by atoms with E-state index in [1.165, 1.54) is 26.4 Å². The summed E-state index contributed by atoms with van der Waals surface area (Å²) in [5.74, 6) is -0.154. The number of carbonyl (C=O) groups excluding carboxylic acids is 2. The number of amides is 2. The maximum atomic E-state index is 12.6. The van der Waals surface area contributed by atoms with E-state index in [0.717, 1.165) is 10.6 Å². The second-order valence-corrected chi connectivity index (χ2v) is 9.85. The summed E-state index contributed by atoms with van der Waals surface area (Å²) in [6.45, 7) is 1.18. The number of hydrazone groups is 1. The van der Waals surface area contributed by atoms with E-state index in [2.05, 4.69) is 15.8 Å². The van der Waals surface area contributed by atoms with Gasteiger partial charge in [0.15, 0.2) is 11.5 Å². The number of ether oxygens (including phenoxy) is 2. The molecule has 0 aliphatic carbocycles. The molecule has 2 N–H and O–H groups in total. The summed E-state index contributed by atoms with van der Waals surface area (Å²) >= 11 is 0. The molecule has 0 heterocycles. The molecule has 0 unspecified atom stereocenters. The highest BCUT2D eigenvalue weighted by atomic mass is 32.2. The molecule has 3 aromatic rings. The van der Waals surface area contributed by atoms with E-state index in [9.17, 15) is 18.0 Å². The molecule has 194 valence electrons. The molecule has 0 spiro atoms. The highest BCUT2D eigenvalue weighted by Crippen LogP contribution is 2.32. The fourth-order valence-electron chi connectivity index (χ4n) is 3.37. The normalized spacial score (nSPS) is 11.4. The zero-order valence-corrected chi connectivity index (χ0v) is 21.7. The molecule has 3 aromatic carbocycles. The Morgan fingerprint density at radius 3 is 2.22 bits per heavy atom. The van der Waals surface area contributed by atoms with Crippen LogP contribution in [0.3, 0.4) is 0 Å². The molecule has 0 aliphatic heterocycles. The molecule has 10 nitrogen and oxygen atoms in total. The number of hydrogen-bond donors (Lipinski definition) is 2. The Kier molecular flexibility index (Phi) is 8.86. The lowest BCUT2D eigenvalue weighted by atomic mass is 10.1. The van der Waals surface area contributed by atoms with Crippen LogP contribution in [0.5, 0.6) is 11.5 Å². The van der Waals surface area contributed by atoms with Crippen molar-refractivity contribution in [3.05, 3.63) is 83.9 Å². The minimum Gasteiger partial charge on any atom is -0.493 e. The summed E-state index contributed by atoms with van der Waals surface area (Å²) in [4.78, 5) is 25.0. The van der Waals surface area contributed by atoms with Crippen molar-refractivity contribution < 1.29 is 27.5 Å². The number of methoxy groups -OCH3 is 2. The topological polar surface area (TPSA) is 126 Å². The van der Waals surface area contributed by atoms with Crippen LogP contribution in [0.1, 0.15) is 22.8 Å². The van der Waals surface area contributed by atoms with Crippen LogP contribution in [0.15, 0.2) is 77.9 Å². The van der Waals surface area contributed by atoms with E-state index in [1.54, 1.807) is 61.5 Å². The molecule has 0 saturated carbocycles. The van der Waals surface area contributed by atoms with Crippen LogP contribution >= 0.6 is 0 Å². The number of nitrogens with one attached hydrogen (secondary N) is 2. The van der Waals surface area contributed by atoms with E-state index < -0.39 is 22.5 Å². The van der Waals surface area contributed by atoms with Gasteiger partial charge in [0.25, 0.3) is 11.8 Å². The van der Waals surface area contributed by atoms with E-state index in [-0.39, 0.29) is 11.6 Å². The Balaban J connectivity index is 1.71. The third-order valence-corrected chi connectivity index (χ3v) is 6.41. The van der Waals surface area contributed by atoms with Crippen LogP contribution in [-0.4, -0.2) is 53.0 Å². The van der Waals surface area contributed by atoms with Crippen LogP contribution in [0.2, 0.25) is 0 Å². The van der Waals surface area contributed by atoms with Gasteiger partial charge < -0.3 is 14.8 Å². The molecule has 0 atom stereocenters. The van der Waals surface area contributed by atoms with E-state index in [4.69, 9.17) is 9.47 Å². The van der Waals surface area contributed by atoms with Crippen LogP contribution in [0.4, 0.5) is 11.4 Å². The van der Waals surface area contributed by atoms with Gasteiger partial charge in [0, 0.05) is 17.3 Å². The first-order valence-corrected chi connectivity index (χ1v) is 13.0. The highest BCUT2D eigenvalue weighted by molar-refractivity contribution is 7.92. The molecule has 0 aromatic heterocycles. The lowest BCUT2D eigenvalue weighted by molar-refractivity contribution is -0.119. The molecule has 0 aliphatic rings. The van der Waals surface area contributed by atoms with Gasteiger partial charge >= 0.3 is 0 Å². The number of benzene rings is 3. The zero-order valence-electron chi connectivity index (χ0n) is 20.9. The minimum atomic E-state index is -3.80. The van der Waals surface area contributed by atoms with Crippen LogP contribution in [0, 0.1) is 0 Å². The van der Waals surface area contributed by atoms with Gasteiger partial charge in [-0.05, 0) is 48.9 Å². The fourth-order valence-corrected chi connectivity index (χ4v) is 4.22. The standard InChI is InChI=1S/C26H28N4O6S/c1-18(20-11-8-12-21(15-20)27-26(32)19-9-6-5-7-10-19)28-29-25(31)17-30(37(4,33)34)22-13-14-23(35-2)24(16-22)36-3/h5-16H,17H2,1-4H3,(H,27,32)(H,29,31)/b28-18-. The van der Waals surface area contributed by atoms with Gasteiger partial charge in [-0.3, -0.25) is 13.9 Å². The lowest BCUT2D eigenvalue weighted by Crippen LogP contribution is -2.39. The van der Waals surface area contributed by atoms with Crippen molar-refractivity contribution in [1.29, 1.82) is 0 Å². The van der Waals surface area contributed by atoms with Crippen molar-refractivity contribution in [2.24, 2.45) is 5.10 Å². The fraction of sp³-hybridized carbons (Fsp3) is 0.192. The second-order valence-electron chi connectivity index (χ2n) is 7.94.